The molecule has 2 N–H and O–H groups in total. The molecule has 8 heteroatoms. The smallest absolute Gasteiger partial charge is 0.337 e. The second-order valence-corrected chi connectivity index (χ2v) is 5.50. The number of hydrogen-bond donors (Lipinski definition) is 2. The maximum atomic E-state index is 12.0. The molecule has 0 atom stereocenters. The number of nitrogens with zero attached hydrogens (tertiary/aromatic N) is 4. The van der Waals surface area contributed by atoms with Crippen LogP contribution in [-0.4, -0.2) is 38.1 Å². The zero-order valence-electron chi connectivity index (χ0n) is 12.7. The van der Waals surface area contributed by atoms with Crippen LogP contribution >= 0.6 is 0 Å². The van der Waals surface area contributed by atoms with Gasteiger partial charge in [-0.15, -0.1) is 0 Å². The lowest BCUT2D eigenvalue weighted by molar-refractivity contribution is -0.115. The number of aryl methyl sites for hydroxylation is 1. The minimum absolute atomic E-state index is 0.0940. The molecule has 0 aliphatic carbocycles. The van der Waals surface area contributed by atoms with Crippen molar-refractivity contribution in [2.24, 2.45) is 0 Å². The normalized spacial score (nSPS) is 13.7. The highest BCUT2D eigenvalue weighted by Crippen LogP contribution is 2.36. The van der Waals surface area contributed by atoms with Gasteiger partial charge in [0.05, 0.1) is 16.9 Å². The van der Waals surface area contributed by atoms with Gasteiger partial charge in [-0.1, -0.05) is 12.1 Å². The molecule has 120 valence electrons. The van der Waals surface area contributed by atoms with E-state index in [-0.39, 0.29) is 18.0 Å². The third-order valence-electron chi connectivity index (χ3n) is 4.06. The SMILES string of the molecule is Cc1c(C(=O)O)cn2ncnc(N3CC(=O)Nc4ccccc43)c12. The minimum atomic E-state index is -1.03. The summed E-state index contributed by atoms with van der Waals surface area (Å²) in [7, 11) is 0. The predicted octanol–water partition coefficient (Wildman–Crippen LogP) is 1.83. The van der Waals surface area contributed by atoms with Crippen molar-refractivity contribution in [3.8, 4) is 0 Å². The zero-order valence-corrected chi connectivity index (χ0v) is 12.7. The topological polar surface area (TPSA) is 99.8 Å². The monoisotopic (exact) mass is 323 g/mol. The summed E-state index contributed by atoms with van der Waals surface area (Å²) in [5, 5.41) is 16.2. The van der Waals surface area contributed by atoms with Gasteiger partial charge in [0.25, 0.3) is 0 Å². The summed E-state index contributed by atoms with van der Waals surface area (Å²) < 4.78 is 1.48. The minimum Gasteiger partial charge on any atom is -0.478 e. The molecule has 1 aliphatic heterocycles. The second-order valence-electron chi connectivity index (χ2n) is 5.50. The first-order valence-electron chi connectivity index (χ1n) is 7.29. The summed E-state index contributed by atoms with van der Waals surface area (Å²) in [6.45, 7) is 1.80. The van der Waals surface area contributed by atoms with E-state index in [1.54, 1.807) is 11.8 Å². The second kappa shape index (κ2) is 5.05. The van der Waals surface area contributed by atoms with Crippen molar-refractivity contribution in [3.63, 3.8) is 0 Å². The van der Waals surface area contributed by atoms with Crippen LogP contribution in [0.15, 0.2) is 36.8 Å². The molecule has 0 unspecified atom stereocenters. The number of rotatable bonds is 2. The number of fused-ring (bicyclic) bond motifs is 2. The van der Waals surface area contributed by atoms with Gasteiger partial charge in [-0.05, 0) is 24.6 Å². The van der Waals surface area contributed by atoms with Crippen molar-refractivity contribution in [1.29, 1.82) is 0 Å². The van der Waals surface area contributed by atoms with Crippen molar-refractivity contribution < 1.29 is 14.7 Å². The van der Waals surface area contributed by atoms with Crippen LogP contribution in [0, 0.1) is 6.92 Å². The Morgan fingerprint density at radius 1 is 1.33 bits per heavy atom. The van der Waals surface area contributed by atoms with E-state index in [1.165, 1.54) is 17.0 Å². The van der Waals surface area contributed by atoms with Gasteiger partial charge in [0.1, 0.15) is 18.4 Å². The van der Waals surface area contributed by atoms with E-state index < -0.39 is 5.97 Å². The van der Waals surface area contributed by atoms with Crippen molar-refractivity contribution >= 4 is 34.6 Å². The maximum absolute atomic E-state index is 12.0. The molecular formula is C16H13N5O3. The van der Waals surface area contributed by atoms with Crippen LogP contribution in [0.5, 0.6) is 0 Å². The van der Waals surface area contributed by atoms with Crippen molar-refractivity contribution in [2.75, 3.05) is 16.8 Å². The highest BCUT2D eigenvalue weighted by molar-refractivity contribution is 6.04. The molecule has 0 saturated heterocycles. The lowest BCUT2D eigenvalue weighted by Gasteiger charge is -2.30. The molecule has 0 fully saturated rings. The van der Waals surface area contributed by atoms with Crippen LogP contribution < -0.4 is 10.2 Å². The zero-order chi connectivity index (χ0) is 16.8. The number of carboxylic acid groups (broad SMARTS) is 1. The number of anilines is 3. The first-order valence-corrected chi connectivity index (χ1v) is 7.29. The number of hydrogen-bond acceptors (Lipinski definition) is 5. The quantitative estimate of drug-likeness (QED) is 0.746. The van der Waals surface area contributed by atoms with Gasteiger partial charge >= 0.3 is 5.97 Å². The molecule has 0 spiro atoms. The van der Waals surface area contributed by atoms with E-state index in [0.717, 1.165) is 5.69 Å². The van der Waals surface area contributed by atoms with Crippen LogP contribution in [0.1, 0.15) is 15.9 Å². The van der Waals surface area contributed by atoms with Gasteiger partial charge in [-0.2, -0.15) is 5.10 Å². The third kappa shape index (κ3) is 2.00. The molecule has 8 nitrogen and oxygen atoms in total. The van der Waals surface area contributed by atoms with E-state index in [9.17, 15) is 14.7 Å². The number of carboxylic acids is 1. The average Bonchev–Trinajstić information content (AvgIpc) is 2.91. The van der Waals surface area contributed by atoms with E-state index in [2.05, 4.69) is 15.4 Å². The Morgan fingerprint density at radius 2 is 2.12 bits per heavy atom. The Labute approximate surface area is 136 Å². The number of para-hydroxylation sites is 2. The number of benzene rings is 1. The molecule has 3 aromatic rings. The van der Waals surface area contributed by atoms with Crippen molar-refractivity contribution in [2.45, 2.75) is 6.92 Å². The number of nitrogens with one attached hydrogen (secondary N) is 1. The molecule has 0 bridgehead atoms. The van der Waals surface area contributed by atoms with Gasteiger partial charge in [0, 0.05) is 6.20 Å². The van der Waals surface area contributed by atoms with Gasteiger partial charge in [-0.25, -0.2) is 14.3 Å². The first kappa shape index (κ1) is 14.2. The number of aromatic nitrogens is 3. The molecule has 24 heavy (non-hydrogen) atoms. The van der Waals surface area contributed by atoms with E-state index in [0.29, 0.717) is 22.6 Å². The lowest BCUT2D eigenvalue weighted by Crippen LogP contribution is -2.35. The lowest BCUT2D eigenvalue weighted by atomic mass is 10.1. The molecule has 1 amide bonds. The number of carbonyl (C=O) groups excluding carboxylic acids is 1. The first-order chi connectivity index (χ1) is 11.6. The molecule has 1 aliphatic rings. The van der Waals surface area contributed by atoms with E-state index >= 15 is 0 Å². The Hall–Kier alpha value is -3.42. The maximum Gasteiger partial charge on any atom is 0.337 e. The number of aromatic carboxylic acids is 1. The third-order valence-corrected chi connectivity index (χ3v) is 4.06. The molecule has 4 rings (SSSR count). The summed E-state index contributed by atoms with van der Waals surface area (Å²) in [5.41, 5.74) is 2.77. The molecule has 0 radical (unpaired) electrons. The van der Waals surface area contributed by atoms with Crippen LogP contribution in [-0.2, 0) is 4.79 Å². The summed E-state index contributed by atoms with van der Waals surface area (Å²) >= 11 is 0. The summed E-state index contributed by atoms with van der Waals surface area (Å²) in [5.74, 6) is -0.689. The molecule has 0 saturated carbocycles. The Kier molecular flexibility index (Phi) is 2.99. The summed E-state index contributed by atoms with van der Waals surface area (Å²) in [6, 6.07) is 7.40. The number of carbonyl (C=O) groups is 2. The van der Waals surface area contributed by atoms with E-state index in [4.69, 9.17) is 0 Å². The van der Waals surface area contributed by atoms with Crippen molar-refractivity contribution in [1.82, 2.24) is 14.6 Å². The molecular weight excluding hydrogens is 310 g/mol. The highest BCUT2D eigenvalue weighted by Gasteiger charge is 2.27. The standard InChI is InChI=1S/C16H13N5O3/c1-9-10(16(23)24)6-21-14(9)15(17-8-18-21)20-7-13(22)19-11-4-2-3-5-12(11)20/h2-6,8H,7H2,1H3,(H,19,22)(H,23,24). The molecule has 3 heterocycles. The van der Waals surface area contributed by atoms with Crippen LogP contribution in [0.2, 0.25) is 0 Å². The fourth-order valence-corrected chi connectivity index (χ4v) is 2.98. The van der Waals surface area contributed by atoms with Gasteiger partial charge in [-0.3, -0.25) is 4.79 Å². The van der Waals surface area contributed by atoms with Gasteiger partial charge in [0.15, 0.2) is 5.82 Å². The Balaban J connectivity index is 1.98. The van der Waals surface area contributed by atoms with Gasteiger partial charge < -0.3 is 15.3 Å². The van der Waals surface area contributed by atoms with Gasteiger partial charge in [0.2, 0.25) is 5.91 Å². The summed E-state index contributed by atoms with van der Waals surface area (Å²) in [4.78, 5) is 29.5. The average molecular weight is 323 g/mol. The van der Waals surface area contributed by atoms with Crippen LogP contribution in [0.3, 0.4) is 0 Å². The van der Waals surface area contributed by atoms with Crippen LogP contribution in [0.25, 0.3) is 5.52 Å². The highest BCUT2D eigenvalue weighted by atomic mass is 16.4. The van der Waals surface area contributed by atoms with Crippen LogP contribution in [0.4, 0.5) is 17.2 Å². The fraction of sp³-hybridized carbons (Fsp3) is 0.125. The fourth-order valence-electron chi connectivity index (χ4n) is 2.98. The predicted molar refractivity (Wildman–Crippen MR) is 86.8 cm³/mol. The number of amides is 1. The van der Waals surface area contributed by atoms with Crippen molar-refractivity contribution in [3.05, 3.63) is 47.9 Å². The molecule has 2 aromatic heterocycles. The molecule has 1 aromatic carbocycles. The summed E-state index contributed by atoms with van der Waals surface area (Å²) in [6.07, 6.45) is 2.80. The Bertz CT molecular complexity index is 995. The van der Waals surface area contributed by atoms with E-state index in [1.807, 2.05) is 24.3 Å². The Morgan fingerprint density at radius 3 is 2.92 bits per heavy atom. The largest absolute Gasteiger partial charge is 0.478 e.